The van der Waals surface area contributed by atoms with E-state index >= 15 is 0 Å². The summed E-state index contributed by atoms with van der Waals surface area (Å²) in [5.41, 5.74) is 1.30. The second-order valence-electron chi connectivity index (χ2n) is 6.37. The fourth-order valence-electron chi connectivity index (χ4n) is 2.90. The lowest BCUT2D eigenvalue weighted by Crippen LogP contribution is -2.64. The molecule has 0 spiro atoms. The number of nitrogens with one attached hydrogen (secondary N) is 1. The van der Waals surface area contributed by atoms with Crippen molar-refractivity contribution in [3.05, 3.63) is 41.6 Å². The zero-order valence-electron chi connectivity index (χ0n) is 13.4. The summed E-state index contributed by atoms with van der Waals surface area (Å²) in [7, 11) is -2.86. The predicted molar refractivity (Wildman–Crippen MR) is 93.7 cm³/mol. The molecule has 0 aliphatic rings. The number of hydrogen-bond acceptors (Lipinski definition) is 1. The Hall–Kier alpha value is -0.806. The van der Waals surface area contributed by atoms with Gasteiger partial charge in [-0.2, -0.15) is 0 Å². The number of anilines is 1. The van der Waals surface area contributed by atoms with Crippen LogP contribution in [0, 0.1) is 0 Å². The molecule has 1 unspecified atom stereocenters. The van der Waals surface area contributed by atoms with Gasteiger partial charge in [0.25, 0.3) is 0 Å². The Kier molecular flexibility index (Phi) is 5.62. The minimum absolute atomic E-state index is 1.27. The molecule has 1 nitrogen and oxygen atoms in total. The van der Waals surface area contributed by atoms with E-state index in [1.165, 1.54) is 18.2 Å². The first-order valence-corrected chi connectivity index (χ1v) is 14.0. The maximum absolute atomic E-state index is 4.02. The van der Waals surface area contributed by atoms with Gasteiger partial charge in [0.15, 0.2) is 7.75 Å². The summed E-state index contributed by atoms with van der Waals surface area (Å²) in [5.74, 6) is 0. The van der Waals surface area contributed by atoms with Crippen molar-refractivity contribution in [1.29, 1.82) is 0 Å². The van der Waals surface area contributed by atoms with Crippen LogP contribution in [0.1, 0.15) is 27.2 Å². The van der Waals surface area contributed by atoms with Crippen molar-refractivity contribution in [2.75, 3.05) is 4.98 Å². The highest BCUT2D eigenvalue weighted by atomic mass is 29.3. The number of allylic oxidation sites excluding steroid dienone is 2. The van der Waals surface area contributed by atoms with Gasteiger partial charge in [-0.05, 0) is 32.0 Å². The molecule has 19 heavy (non-hydrogen) atoms. The van der Waals surface area contributed by atoms with Crippen LogP contribution < -0.4 is 4.98 Å². The molecule has 0 amide bonds. The molecule has 1 aromatic carbocycles. The van der Waals surface area contributed by atoms with Gasteiger partial charge in [0.1, 0.15) is 0 Å². The van der Waals surface area contributed by atoms with E-state index in [1.54, 1.807) is 5.20 Å². The maximum Gasteiger partial charge on any atom is 0.167 e. The van der Waals surface area contributed by atoms with Crippen LogP contribution in [0.25, 0.3) is 0 Å². The van der Waals surface area contributed by atoms with E-state index in [-0.39, 0.29) is 0 Å². The van der Waals surface area contributed by atoms with E-state index in [2.05, 4.69) is 81.8 Å². The SMILES string of the molecule is C/C=C(\C)[Si](CCC)(Nc1ccccc1)[Si](C)(C)C. The number of benzene rings is 1. The van der Waals surface area contributed by atoms with Crippen LogP contribution in [0.2, 0.25) is 25.7 Å². The molecule has 0 aliphatic carbocycles. The number of para-hydroxylation sites is 1. The number of hydrogen-bond donors (Lipinski definition) is 1. The molecule has 0 aromatic heterocycles. The molecule has 0 radical (unpaired) electrons. The molecule has 0 aliphatic heterocycles. The summed E-state index contributed by atoms with van der Waals surface area (Å²) in [5, 5.41) is 1.62. The first kappa shape index (κ1) is 16.2. The molecular weight excluding hydrogens is 262 g/mol. The van der Waals surface area contributed by atoms with Crippen molar-refractivity contribution < 1.29 is 0 Å². The summed E-state index contributed by atoms with van der Waals surface area (Å²) < 4.78 is 0. The summed E-state index contributed by atoms with van der Waals surface area (Å²) in [6, 6.07) is 12.1. The molecule has 0 bridgehead atoms. The molecule has 1 rings (SSSR count). The Morgan fingerprint density at radius 2 is 1.74 bits per heavy atom. The molecule has 1 aromatic rings. The first-order valence-electron chi connectivity index (χ1n) is 7.34. The minimum atomic E-state index is -1.59. The van der Waals surface area contributed by atoms with Gasteiger partial charge in [0.2, 0.25) is 0 Å². The topological polar surface area (TPSA) is 12.0 Å². The van der Waals surface area contributed by atoms with Gasteiger partial charge >= 0.3 is 0 Å². The Labute approximate surface area is 121 Å². The summed E-state index contributed by atoms with van der Waals surface area (Å²) >= 11 is 0. The monoisotopic (exact) mass is 291 g/mol. The lowest BCUT2D eigenvalue weighted by atomic mass is 10.3. The van der Waals surface area contributed by atoms with Crippen LogP contribution in [0.15, 0.2) is 41.6 Å². The Balaban J connectivity index is 3.24. The summed E-state index contributed by atoms with van der Waals surface area (Å²) in [4.78, 5) is 4.02. The molecule has 1 atom stereocenters. The molecule has 0 saturated carbocycles. The Morgan fingerprint density at radius 3 is 2.16 bits per heavy atom. The van der Waals surface area contributed by atoms with Crippen LogP contribution in [0.5, 0.6) is 0 Å². The average molecular weight is 292 g/mol. The van der Waals surface area contributed by atoms with Crippen LogP contribution in [-0.2, 0) is 0 Å². The normalized spacial score (nSPS) is 16.0. The molecular formula is C16H29NSi2. The Morgan fingerprint density at radius 1 is 1.16 bits per heavy atom. The molecule has 0 saturated heterocycles. The fraction of sp³-hybridized carbons (Fsp3) is 0.500. The molecule has 3 heteroatoms. The van der Waals surface area contributed by atoms with Gasteiger partial charge in [0.05, 0.1) is 7.59 Å². The third kappa shape index (κ3) is 3.60. The fourth-order valence-corrected chi connectivity index (χ4v) is 16.4. The minimum Gasteiger partial charge on any atom is -0.409 e. The zero-order valence-corrected chi connectivity index (χ0v) is 15.4. The van der Waals surface area contributed by atoms with Crippen LogP contribution in [0.3, 0.4) is 0 Å². The second kappa shape index (κ2) is 6.57. The van der Waals surface area contributed by atoms with Crippen LogP contribution in [0.4, 0.5) is 5.69 Å². The smallest absolute Gasteiger partial charge is 0.167 e. The zero-order chi connectivity index (χ0) is 14.5. The van der Waals surface area contributed by atoms with E-state index in [0.717, 1.165) is 0 Å². The quantitative estimate of drug-likeness (QED) is 0.694. The average Bonchev–Trinajstić information content (AvgIpc) is 2.37. The lowest BCUT2D eigenvalue weighted by molar-refractivity contribution is 1.05. The predicted octanol–water partition coefficient (Wildman–Crippen LogP) is 5.38. The van der Waals surface area contributed by atoms with Gasteiger partial charge in [-0.15, -0.1) is 0 Å². The van der Waals surface area contributed by atoms with Crippen molar-refractivity contribution in [1.82, 2.24) is 0 Å². The largest absolute Gasteiger partial charge is 0.409 e. The standard InChI is InChI=1S/C16H29NSi2/c1-7-14-19(15(3)8-2,18(4,5)6)17-16-12-10-9-11-13-16/h8-13,17H,7,14H2,1-6H3/b15-8+. The van der Waals surface area contributed by atoms with E-state index in [9.17, 15) is 0 Å². The van der Waals surface area contributed by atoms with Gasteiger partial charge in [-0.1, -0.05) is 62.5 Å². The van der Waals surface area contributed by atoms with Crippen molar-refractivity contribution in [2.24, 2.45) is 0 Å². The van der Waals surface area contributed by atoms with E-state index < -0.39 is 15.3 Å². The van der Waals surface area contributed by atoms with Crippen molar-refractivity contribution >= 4 is 21.0 Å². The van der Waals surface area contributed by atoms with E-state index in [4.69, 9.17) is 0 Å². The summed E-state index contributed by atoms with van der Waals surface area (Å²) in [6.07, 6.45) is 3.61. The lowest BCUT2D eigenvalue weighted by Gasteiger charge is -2.44. The van der Waals surface area contributed by atoms with Crippen molar-refractivity contribution in [2.45, 2.75) is 52.9 Å². The molecule has 0 fully saturated rings. The van der Waals surface area contributed by atoms with Crippen LogP contribution in [-0.4, -0.2) is 15.3 Å². The highest BCUT2D eigenvalue weighted by molar-refractivity contribution is 7.45. The third-order valence-electron chi connectivity index (χ3n) is 4.14. The van der Waals surface area contributed by atoms with E-state index in [0.29, 0.717) is 0 Å². The van der Waals surface area contributed by atoms with Crippen LogP contribution >= 0.6 is 0 Å². The molecule has 106 valence electrons. The first-order chi connectivity index (χ1) is 8.87. The highest BCUT2D eigenvalue weighted by Gasteiger charge is 2.46. The summed E-state index contributed by atoms with van der Waals surface area (Å²) in [6.45, 7) is 14.4. The highest BCUT2D eigenvalue weighted by Crippen LogP contribution is 2.32. The van der Waals surface area contributed by atoms with E-state index in [1.807, 2.05) is 0 Å². The number of rotatable bonds is 6. The van der Waals surface area contributed by atoms with Crippen molar-refractivity contribution in [3.8, 4) is 0 Å². The third-order valence-corrected chi connectivity index (χ3v) is 20.3. The molecule has 0 heterocycles. The Bertz CT molecular complexity index is 420. The molecule has 1 N–H and O–H groups in total. The second-order valence-corrected chi connectivity index (χ2v) is 21.3. The van der Waals surface area contributed by atoms with Gasteiger partial charge < -0.3 is 4.98 Å². The van der Waals surface area contributed by atoms with Gasteiger partial charge in [-0.3, -0.25) is 0 Å². The maximum atomic E-state index is 4.02. The van der Waals surface area contributed by atoms with Crippen molar-refractivity contribution in [3.63, 3.8) is 0 Å². The van der Waals surface area contributed by atoms with Gasteiger partial charge in [0, 0.05) is 5.69 Å². The van der Waals surface area contributed by atoms with Gasteiger partial charge in [-0.25, -0.2) is 0 Å².